The van der Waals surface area contributed by atoms with Crippen LogP contribution >= 0.6 is 15.9 Å². The summed E-state index contributed by atoms with van der Waals surface area (Å²) in [4.78, 5) is 10.5. The lowest BCUT2D eigenvalue weighted by Crippen LogP contribution is -2.27. The fraction of sp³-hybridized carbons (Fsp3) is 0.571. The number of nitrogens with zero attached hydrogens (tertiary/aromatic N) is 1. The van der Waals surface area contributed by atoms with E-state index in [4.69, 9.17) is 0 Å². The SMILES string of the molecule is O=[N+]([O-])c1cccc(CNCC2CCC(O)CC2)c1Br. The number of aliphatic hydroxyl groups is 1. The summed E-state index contributed by atoms with van der Waals surface area (Å²) in [5, 5.41) is 23.7. The Morgan fingerprint density at radius 1 is 1.35 bits per heavy atom. The smallest absolute Gasteiger partial charge is 0.283 e. The van der Waals surface area contributed by atoms with Crippen molar-refractivity contribution in [2.45, 2.75) is 38.3 Å². The van der Waals surface area contributed by atoms with Gasteiger partial charge in [-0.15, -0.1) is 0 Å². The van der Waals surface area contributed by atoms with Crippen LogP contribution < -0.4 is 5.32 Å². The molecule has 0 bridgehead atoms. The molecule has 20 heavy (non-hydrogen) atoms. The number of hydrogen-bond donors (Lipinski definition) is 2. The van der Waals surface area contributed by atoms with Crippen molar-refractivity contribution in [1.82, 2.24) is 5.32 Å². The molecule has 1 saturated carbocycles. The molecule has 1 aromatic carbocycles. The minimum Gasteiger partial charge on any atom is -0.393 e. The number of nitrogens with one attached hydrogen (secondary N) is 1. The summed E-state index contributed by atoms with van der Waals surface area (Å²) in [5.74, 6) is 0.593. The Labute approximate surface area is 126 Å². The molecule has 5 nitrogen and oxygen atoms in total. The lowest BCUT2D eigenvalue weighted by Gasteiger charge is -2.25. The number of rotatable bonds is 5. The highest BCUT2D eigenvalue weighted by atomic mass is 79.9. The van der Waals surface area contributed by atoms with Crippen LogP contribution in [-0.4, -0.2) is 22.7 Å². The maximum Gasteiger partial charge on any atom is 0.283 e. The van der Waals surface area contributed by atoms with Crippen LogP contribution in [0.3, 0.4) is 0 Å². The Morgan fingerprint density at radius 3 is 2.70 bits per heavy atom. The van der Waals surface area contributed by atoms with Gasteiger partial charge in [-0.3, -0.25) is 10.1 Å². The van der Waals surface area contributed by atoms with Crippen molar-refractivity contribution in [1.29, 1.82) is 0 Å². The quantitative estimate of drug-likeness (QED) is 0.637. The van der Waals surface area contributed by atoms with E-state index in [9.17, 15) is 15.2 Å². The molecule has 110 valence electrons. The molecule has 1 fully saturated rings. The first-order valence-electron chi connectivity index (χ1n) is 6.88. The van der Waals surface area contributed by atoms with Gasteiger partial charge in [0, 0.05) is 12.6 Å². The standard InChI is InChI=1S/C14H19BrN2O3/c15-14-11(2-1-3-13(14)17(19)20)9-16-8-10-4-6-12(18)7-5-10/h1-3,10,12,16,18H,4-9H2. The average molecular weight is 343 g/mol. The van der Waals surface area contributed by atoms with E-state index in [1.54, 1.807) is 6.07 Å². The first-order valence-corrected chi connectivity index (χ1v) is 7.67. The van der Waals surface area contributed by atoms with Gasteiger partial charge in [-0.25, -0.2) is 0 Å². The van der Waals surface area contributed by atoms with Gasteiger partial charge >= 0.3 is 0 Å². The molecule has 0 amide bonds. The van der Waals surface area contributed by atoms with Crippen LogP contribution in [0.4, 0.5) is 5.69 Å². The highest BCUT2D eigenvalue weighted by Crippen LogP contribution is 2.28. The molecular formula is C14H19BrN2O3. The van der Waals surface area contributed by atoms with Crippen molar-refractivity contribution >= 4 is 21.6 Å². The third kappa shape index (κ3) is 4.01. The Kier molecular flexibility index (Phi) is 5.51. The van der Waals surface area contributed by atoms with Crippen molar-refractivity contribution in [2.24, 2.45) is 5.92 Å². The second-order valence-corrected chi connectivity index (χ2v) is 6.11. The highest BCUT2D eigenvalue weighted by molar-refractivity contribution is 9.10. The number of aliphatic hydroxyl groups excluding tert-OH is 1. The Bertz CT molecular complexity index is 473. The van der Waals surface area contributed by atoms with Crippen LogP contribution in [0.2, 0.25) is 0 Å². The molecule has 0 saturated heterocycles. The first kappa shape index (κ1) is 15.4. The van der Waals surface area contributed by atoms with Gasteiger partial charge in [0.2, 0.25) is 0 Å². The van der Waals surface area contributed by atoms with E-state index in [1.807, 2.05) is 6.07 Å². The van der Waals surface area contributed by atoms with E-state index < -0.39 is 0 Å². The molecular weight excluding hydrogens is 324 g/mol. The third-order valence-electron chi connectivity index (χ3n) is 3.82. The third-order valence-corrected chi connectivity index (χ3v) is 4.74. The van der Waals surface area contributed by atoms with E-state index in [0.717, 1.165) is 37.8 Å². The molecule has 0 aliphatic heterocycles. The van der Waals surface area contributed by atoms with E-state index in [2.05, 4.69) is 21.2 Å². The van der Waals surface area contributed by atoms with Crippen LogP contribution in [0, 0.1) is 16.0 Å². The summed E-state index contributed by atoms with van der Waals surface area (Å²) in [6.07, 6.45) is 3.73. The highest BCUT2D eigenvalue weighted by Gasteiger charge is 2.19. The Balaban J connectivity index is 1.85. The van der Waals surface area contributed by atoms with Gasteiger partial charge in [0.25, 0.3) is 5.69 Å². The molecule has 6 heteroatoms. The first-order chi connectivity index (χ1) is 9.58. The zero-order valence-corrected chi connectivity index (χ0v) is 12.8. The topological polar surface area (TPSA) is 75.4 Å². The number of benzene rings is 1. The zero-order valence-electron chi connectivity index (χ0n) is 11.2. The van der Waals surface area contributed by atoms with Gasteiger partial charge in [0.15, 0.2) is 0 Å². The predicted molar refractivity (Wildman–Crippen MR) is 80.5 cm³/mol. The van der Waals surface area contributed by atoms with Gasteiger partial charge in [-0.2, -0.15) is 0 Å². The predicted octanol–water partition coefficient (Wildman–Crippen LogP) is 3.00. The summed E-state index contributed by atoms with van der Waals surface area (Å²) in [6.45, 7) is 1.50. The van der Waals surface area contributed by atoms with Gasteiger partial charge < -0.3 is 10.4 Å². The van der Waals surface area contributed by atoms with Gasteiger partial charge in [0.1, 0.15) is 0 Å². The minimum absolute atomic E-state index is 0.102. The van der Waals surface area contributed by atoms with Crippen LogP contribution in [0.5, 0.6) is 0 Å². The van der Waals surface area contributed by atoms with Crippen molar-refractivity contribution in [3.8, 4) is 0 Å². The molecule has 0 aromatic heterocycles. The molecule has 0 spiro atoms. The minimum atomic E-state index is -0.379. The number of hydrogen-bond acceptors (Lipinski definition) is 4. The van der Waals surface area contributed by atoms with Crippen LogP contribution in [0.1, 0.15) is 31.2 Å². The molecule has 2 rings (SSSR count). The fourth-order valence-corrected chi connectivity index (χ4v) is 3.15. The lowest BCUT2D eigenvalue weighted by molar-refractivity contribution is -0.385. The Morgan fingerprint density at radius 2 is 2.05 bits per heavy atom. The zero-order chi connectivity index (χ0) is 14.5. The average Bonchev–Trinajstić information content (AvgIpc) is 2.42. The molecule has 2 N–H and O–H groups in total. The second kappa shape index (κ2) is 7.15. The molecule has 0 unspecified atom stereocenters. The summed E-state index contributed by atoms with van der Waals surface area (Å²) in [7, 11) is 0. The molecule has 0 heterocycles. The second-order valence-electron chi connectivity index (χ2n) is 5.31. The van der Waals surface area contributed by atoms with Crippen LogP contribution in [0.15, 0.2) is 22.7 Å². The summed E-state index contributed by atoms with van der Waals surface area (Å²) in [6, 6.07) is 5.09. The largest absolute Gasteiger partial charge is 0.393 e. The molecule has 0 radical (unpaired) electrons. The van der Waals surface area contributed by atoms with Gasteiger partial charge in [-0.1, -0.05) is 12.1 Å². The van der Waals surface area contributed by atoms with Crippen molar-refractivity contribution in [2.75, 3.05) is 6.54 Å². The Hall–Kier alpha value is -0.980. The molecule has 1 aromatic rings. The van der Waals surface area contributed by atoms with E-state index >= 15 is 0 Å². The molecule has 1 aliphatic rings. The number of nitro benzene ring substituents is 1. The maximum atomic E-state index is 10.9. The van der Waals surface area contributed by atoms with Crippen molar-refractivity contribution in [3.05, 3.63) is 38.3 Å². The van der Waals surface area contributed by atoms with Crippen molar-refractivity contribution < 1.29 is 10.0 Å². The van der Waals surface area contributed by atoms with Crippen LogP contribution in [0.25, 0.3) is 0 Å². The summed E-state index contributed by atoms with van der Waals surface area (Å²) < 4.78 is 0.552. The van der Waals surface area contributed by atoms with E-state index in [1.165, 1.54) is 6.07 Å². The van der Waals surface area contributed by atoms with Crippen LogP contribution in [-0.2, 0) is 6.54 Å². The fourth-order valence-electron chi connectivity index (χ4n) is 2.60. The molecule has 1 aliphatic carbocycles. The van der Waals surface area contributed by atoms with E-state index in [-0.39, 0.29) is 16.7 Å². The lowest BCUT2D eigenvalue weighted by atomic mass is 9.87. The van der Waals surface area contributed by atoms with Gasteiger partial charge in [-0.05, 0) is 59.6 Å². The normalized spacial score (nSPS) is 22.7. The monoisotopic (exact) mass is 342 g/mol. The summed E-state index contributed by atoms with van der Waals surface area (Å²) in [5.41, 5.74) is 1.00. The maximum absolute atomic E-state index is 10.9. The van der Waals surface area contributed by atoms with Gasteiger partial charge in [0.05, 0.1) is 15.5 Å². The van der Waals surface area contributed by atoms with Crippen molar-refractivity contribution in [3.63, 3.8) is 0 Å². The molecule has 0 atom stereocenters. The summed E-state index contributed by atoms with van der Waals surface area (Å²) >= 11 is 3.30. The number of nitro groups is 1. The number of halogens is 1. The van der Waals surface area contributed by atoms with E-state index in [0.29, 0.717) is 16.9 Å².